The van der Waals surface area contributed by atoms with Gasteiger partial charge in [0, 0.05) is 73.7 Å². The van der Waals surface area contributed by atoms with Crippen LogP contribution in [0.2, 0.25) is 5.02 Å². The molecule has 0 aliphatic carbocycles. The largest absolute Gasteiger partial charge is 0.491 e. The first-order valence-corrected chi connectivity index (χ1v) is 16.3. The minimum atomic E-state index is -0.294. The third kappa shape index (κ3) is 8.96. The number of amides is 3. The zero-order valence-electron chi connectivity index (χ0n) is 26.8. The second kappa shape index (κ2) is 16.2. The van der Waals surface area contributed by atoms with Crippen LogP contribution in [0.4, 0.5) is 11.4 Å². The molecule has 3 aromatic carbocycles. The zero-order valence-corrected chi connectivity index (χ0v) is 27.6. The van der Waals surface area contributed by atoms with E-state index in [1.807, 2.05) is 35.2 Å². The summed E-state index contributed by atoms with van der Waals surface area (Å²) in [5.74, 6) is 0.197. The van der Waals surface area contributed by atoms with Crippen LogP contribution >= 0.6 is 11.6 Å². The molecule has 0 atom stereocenters. The average Bonchev–Trinajstić information content (AvgIpc) is 3.10. The predicted molar refractivity (Wildman–Crippen MR) is 186 cm³/mol. The summed E-state index contributed by atoms with van der Waals surface area (Å²) in [5, 5.41) is 3.42. The number of aromatic nitrogens is 1. The van der Waals surface area contributed by atoms with Crippen LogP contribution in [0, 0.1) is 0 Å². The van der Waals surface area contributed by atoms with Crippen LogP contribution in [-0.2, 0) is 4.79 Å². The number of carbonyl (C=O) groups excluding carboxylic acids is 3. The van der Waals surface area contributed by atoms with Crippen molar-refractivity contribution in [2.24, 2.45) is 0 Å². The predicted octanol–water partition coefficient (Wildman–Crippen LogP) is 6.64. The van der Waals surface area contributed by atoms with Crippen molar-refractivity contribution in [3.63, 3.8) is 0 Å². The number of hydrogen-bond donors (Lipinski definition) is 1. The fourth-order valence-corrected chi connectivity index (χ4v) is 5.61. The Bertz CT molecular complexity index is 1670. The van der Waals surface area contributed by atoms with E-state index in [1.54, 1.807) is 67.8 Å². The van der Waals surface area contributed by atoms with Crippen molar-refractivity contribution in [1.82, 2.24) is 14.8 Å². The molecule has 4 aromatic rings. The van der Waals surface area contributed by atoms with Gasteiger partial charge in [-0.2, -0.15) is 0 Å². The van der Waals surface area contributed by atoms with Gasteiger partial charge in [-0.05, 0) is 74.8 Å². The molecule has 1 aliphatic rings. The summed E-state index contributed by atoms with van der Waals surface area (Å²) >= 11 is 6.28. The minimum Gasteiger partial charge on any atom is -0.491 e. The number of nitrogens with zero attached hydrogens (tertiary/aromatic N) is 4. The van der Waals surface area contributed by atoms with Gasteiger partial charge in [0.2, 0.25) is 5.91 Å². The number of pyridine rings is 1. The Labute approximate surface area is 281 Å². The molecule has 9 nitrogen and oxygen atoms in total. The molecule has 1 N–H and O–H groups in total. The van der Waals surface area contributed by atoms with Crippen LogP contribution in [0.25, 0.3) is 11.3 Å². The Morgan fingerprint density at radius 2 is 1.64 bits per heavy atom. The third-order valence-corrected chi connectivity index (χ3v) is 8.46. The highest BCUT2D eigenvalue weighted by Gasteiger charge is 2.20. The van der Waals surface area contributed by atoms with E-state index in [2.05, 4.69) is 22.2 Å². The van der Waals surface area contributed by atoms with Gasteiger partial charge in [-0.3, -0.25) is 19.4 Å². The number of ether oxygens (including phenoxy) is 1. The van der Waals surface area contributed by atoms with Crippen LogP contribution < -0.4 is 15.0 Å². The maximum Gasteiger partial charge on any atom is 0.258 e. The van der Waals surface area contributed by atoms with E-state index in [0.717, 1.165) is 51.0 Å². The molecule has 3 amide bonds. The van der Waals surface area contributed by atoms with Gasteiger partial charge in [-0.25, -0.2) is 0 Å². The standard InChI is InChI=1S/C37H40ClN5O4/c1-41-21-23-43(24-22-41)34(44)13-7-4-8-25-47-33-26-29(38)16-19-32(33)42(2)37(46)28-14-17-30(18-15-28)40-36(45)31-12-9-20-39-35(31)27-10-5-3-6-11-27/h3,5-6,9-12,14-20,26H,4,7-8,13,21-25H2,1-2H3,(H,40,45). The number of hydrogen-bond acceptors (Lipinski definition) is 6. The van der Waals surface area contributed by atoms with Crippen molar-refractivity contribution < 1.29 is 19.1 Å². The summed E-state index contributed by atoms with van der Waals surface area (Å²) in [6, 6.07) is 24.9. The summed E-state index contributed by atoms with van der Waals surface area (Å²) in [6.07, 6.45) is 4.65. The molecule has 0 bridgehead atoms. The Kier molecular flexibility index (Phi) is 11.6. The molecule has 10 heteroatoms. The van der Waals surface area contributed by atoms with Crippen molar-refractivity contribution in [1.29, 1.82) is 0 Å². The number of likely N-dealkylation sites (N-methyl/N-ethyl adjacent to an activating group) is 1. The van der Waals surface area contributed by atoms with Crippen molar-refractivity contribution in [3.8, 4) is 17.0 Å². The lowest BCUT2D eigenvalue weighted by Gasteiger charge is -2.32. The molecule has 0 saturated carbocycles. The van der Waals surface area contributed by atoms with Crippen LogP contribution in [0.1, 0.15) is 46.4 Å². The molecule has 1 aliphatic heterocycles. The van der Waals surface area contributed by atoms with Crippen molar-refractivity contribution in [3.05, 3.63) is 107 Å². The Balaban J connectivity index is 1.14. The van der Waals surface area contributed by atoms with Crippen LogP contribution in [0.3, 0.4) is 0 Å². The van der Waals surface area contributed by atoms with E-state index in [0.29, 0.717) is 52.0 Å². The molecular formula is C37H40ClN5O4. The lowest BCUT2D eigenvalue weighted by molar-refractivity contribution is -0.132. The second-order valence-electron chi connectivity index (χ2n) is 11.6. The van der Waals surface area contributed by atoms with Gasteiger partial charge >= 0.3 is 0 Å². The van der Waals surface area contributed by atoms with Gasteiger partial charge in [0.25, 0.3) is 11.8 Å². The number of carbonyl (C=O) groups is 3. The van der Waals surface area contributed by atoms with Crippen molar-refractivity contribution in [2.45, 2.75) is 25.7 Å². The molecule has 1 fully saturated rings. The molecule has 47 heavy (non-hydrogen) atoms. The van der Waals surface area contributed by atoms with Gasteiger partial charge in [-0.15, -0.1) is 0 Å². The average molecular weight is 654 g/mol. The fraction of sp³-hybridized carbons (Fsp3) is 0.297. The Morgan fingerprint density at radius 3 is 2.38 bits per heavy atom. The van der Waals surface area contributed by atoms with E-state index in [-0.39, 0.29) is 17.7 Å². The molecule has 0 spiro atoms. The SMILES string of the molecule is CN1CCN(C(=O)CCCCCOc2cc(Cl)ccc2N(C)C(=O)c2ccc(NC(=O)c3cccnc3-c3ccccc3)cc2)CC1. The number of piperazine rings is 1. The Morgan fingerprint density at radius 1 is 0.894 bits per heavy atom. The molecule has 0 radical (unpaired) electrons. The smallest absolute Gasteiger partial charge is 0.258 e. The number of rotatable bonds is 12. The van der Waals surface area contributed by atoms with Gasteiger partial charge in [0.1, 0.15) is 5.75 Å². The van der Waals surface area contributed by atoms with E-state index in [1.165, 1.54) is 4.90 Å². The topological polar surface area (TPSA) is 95.1 Å². The number of halogens is 1. The lowest BCUT2D eigenvalue weighted by Crippen LogP contribution is -2.47. The fourth-order valence-electron chi connectivity index (χ4n) is 5.44. The lowest BCUT2D eigenvalue weighted by atomic mass is 10.1. The molecule has 1 saturated heterocycles. The molecular weight excluding hydrogens is 614 g/mol. The summed E-state index contributed by atoms with van der Waals surface area (Å²) in [7, 11) is 3.76. The van der Waals surface area contributed by atoms with Gasteiger partial charge < -0.3 is 24.8 Å². The van der Waals surface area contributed by atoms with Crippen LogP contribution in [0.15, 0.2) is 91.1 Å². The molecule has 2 heterocycles. The summed E-state index contributed by atoms with van der Waals surface area (Å²) in [5.41, 5.74) is 3.48. The molecule has 0 unspecified atom stereocenters. The monoisotopic (exact) mass is 653 g/mol. The zero-order chi connectivity index (χ0) is 33.2. The number of anilines is 2. The van der Waals surface area contributed by atoms with Gasteiger partial charge in [0.15, 0.2) is 0 Å². The van der Waals surface area contributed by atoms with Gasteiger partial charge in [0.05, 0.1) is 23.6 Å². The number of unbranched alkanes of at least 4 members (excludes halogenated alkanes) is 2. The van der Waals surface area contributed by atoms with E-state index >= 15 is 0 Å². The second-order valence-corrected chi connectivity index (χ2v) is 12.1. The molecule has 244 valence electrons. The first-order chi connectivity index (χ1) is 22.8. The van der Waals surface area contributed by atoms with E-state index in [9.17, 15) is 14.4 Å². The van der Waals surface area contributed by atoms with E-state index in [4.69, 9.17) is 16.3 Å². The quantitative estimate of drug-likeness (QED) is 0.172. The third-order valence-electron chi connectivity index (χ3n) is 8.23. The highest BCUT2D eigenvalue weighted by Crippen LogP contribution is 2.32. The summed E-state index contributed by atoms with van der Waals surface area (Å²) in [4.78, 5) is 49.3. The first-order valence-electron chi connectivity index (χ1n) is 15.9. The molecule has 5 rings (SSSR count). The van der Waals surface area contributed by atoms with Crippen LogP contribution in [-0.4, -0.2) is 79.4 Å². The number of benzene rings is 3. The number of nitrogens with one attached hydrogen (secondary N) is 1. The normalized spacial score (nSPS) is 13.2. The van der Waals surface area contributed by atoms with Crippen LogP contribution in [0.5, 0.6) is 5.75 Å². The van der Waals surface area contributed by atoms with Crippen molar-refractivity contribution in [2.75, 3.05) is 57.1 Å². The minimum absolute atomic E-state index is 0.220. The summed E-state index contributed by atoms with van der Waals surface area (Å²) in [6.45, 7) is 3.88. The van der Waals surface area contributed by atoms with Gasteiger partial charge in [-0.1, -0.05) is 41.9 Å². The highest BCUT2D eigenvalue weighted by molar-refractivity contribution is 6.30. The Hall–Kier alpha value is -4.73. The maximum absolute atomic E-state index is 13.5. The van der Waals surface area contributed by atoms with Crippen molar-refractivity contribution >= 4 is 40.7 Å². The summed E-state index contributed by atoms with van der Waals surface area (Å²) < 4.78 is 6.08. The highest BCUT2D eigenvalue weighted by atomic mass is 35.5. The molecule has 1 aromatic heterocycles. The van der Waals surface area contributed by atoms with E-state index < -0.39 is 0 Å². The maximum atomic E-state index is 13.5. The first kappa shape index (κ1) is 33.6.